The number of benzene rings is 1. The first-order chi connectivity index (χ1) is 12.8. The van der Waals surface area contributed by atoms with Gasteiger partial charge in [0.15, 0.2) is 0 Å². The summed E-state index contributed by atoms with van der Waals surface area (Å²) < 4.78 is 45.8. The molecule has 2 rings (SSSR count). The minimum Gasteiger partial charge on any atom is -0.360 e. The lowest BCUT2D eigenvalue weighted by molar-refractivity contribution is -0.140. The number of carbonyl (C=O) groups is 2. The Balaban J connectivity index is 2.11. The number of halogens is 1. The van der Waals surface area contributed by atoms with Crippen molar-refractivity contribution in [2.24, 2.45) is 0 Å². The summed E-state index contributed by atoms with van der Waals surface area (Å²) in [6, 6.07) is 3.52. The molecule has 10 heteroatoms. The van der Waals surface area contributed by atoms with Crippen molar-refractivity contribution in [3.8, 4) is 0 Å². The number of nitrogens with zero attached hydrogens (tertiary/aromatic N) is 1. The smallest absolute Gasteiger partial charge is 0.309 e. The van der Waals surface area contributed by atoms with Gasteiger partial charge in [-0.2, -0.15) is 4.31 Å². The van der Waals surface area contributed by atoms with Crippen molar-refractivity contribution in [2.45, 2.75) is 24.5 Å². The minimum absolute atomic E-state index is 0.0630. The fourth-order valence-corrected chi connectivity index (χ4v) is 4.17. The second-order valence-electron chi connectivity index (χ2n) is 5.91. The van der Waals surface area contributed by atoms with E-state index in [0.29, 0.717) is 13.0 Å². The Labute approximate surface area is 157 Å². The van der Waals surface area contributed by atoms with Gasteiger partial charge in [0.25, 0.3) is 0 Å². The van der Waals surface area contributed by atoms with Crippen LogP contribution in [0.15, 0.2) is 35.7 Å². The molecule has 1 aromatic rings. The first kappa shape index (κ1) is 21.0. The lowest BCUT2D eigenvalue weighted by atomic mass is 10.2. The Morgan fingerprint density at radius 2 is 2.07 bits per heavy atom. The Morgan fingerprint density at radius 3 is 2.74 bits per heavy atom. The molecule has 1 heterocycles. The lowest BCUT2D eigenvalue weighted by Gasteiger charge is -2.34. The third-order valence-electron chi connectivity index (χ3n) is 3.94. The molecule has 0 saturated carbocycles. The quantitative estimate of drug-likeness (QED) is 0.529. The molecule has 0 aliphatic carbocycles. The monoisotopic (exact) mass is 399 g/mol. The Hall–Kier alpha value is -2.30. The normalized spacial score (nSPS) is 17.9. The van der Waals surface area contributed by atoms with Crippen LogP contribution in [0, 0.1) is 12.7 Å². The van der Waals surface area contributed by atoms with Crippen LogP contribution in [0.2, 0.25) is 0 Å². The summed E-state index contributed by atoms with van der Waals surface area (Å²) in [4.78, 5) is 23.3. The van der Waals surface area contributed by atoms with Crippen LogP contribution in [-0.4, -0.2) is 57.0 Å². The molecule has 0 aromatic heterocycles. The summed E-state index contributed by atoms with van der Waals surface area (Å²) in [5, 5.41) is 4.68. The van der Waals surface area contributed by atoms with E-state index in [-0.39, 0.29) is 30.1 Å². The fraction of sp³-hybridized carbons (Fsp3) is 0.412. The zero-order valence-corrected chi connectivity index (χ0v) is 15.7. The van der Waals surface area contributed by atoms with E-state index in [1.165, 1.54) is 25.1 Å². The molecule has 1 aliphatic rings. The maximum atomic E-state index is 13.5. The van der Waals surface area contributed by atoms with Crippen LogP contribution in [0.4, 0.5) is 4.39 Å². The predicted octanol–water partition coefficient (Wildman–Crippen LogP) is 0.290. The van der Waals surface area contributed by atoms with E-state index >= 15 is 0 Å². The van der Waals surface area contributed by atoms with Gasteiger partial charge in [-0.15, -0.1) is 6.58 Å². The van der Waals surface area contributed by atoms with E-state index in [9.17, 15) is 22.4 Å². The van der Waals surface area contributed by atoms with Crippen molar-refractivity contribution < 1.29 is 27.1 Å². The number of carbonyl (C=O) groups excluding carboxylic acids is 2. The second-order valence-corrected chi connectivity index (χ2v) is 7.81. The van der Waals surface area contributed by atoms with Gasteiger partial charge in [-0.05, 0) is 37.1 Å². The van der Waals surface area contributed by atoms with Crippen molar-refractivity contribution in [1.82, 2.24) is 14.9 Å². The van der Waals surface area contributed by atoms with Gasteiger partial charge < -0.3 is 15.4 Å². The number of rotatable bonds is 6. The van der Waals surface area contributed by atoms with Crippen molar-refractivity contribution in [1.29, 1.82) is 0 Å². The molecule has 0 unspecified atom stereocenters. The summed E-state index contributed by atoms with van der Waals surface area (Å²) in [6.45, 7) is 5.34. The number of ether oxygens (including phenoxy) is 1. The van der Waals surface area contributed by atoms with E-state index in [1.807, 2.05) is 0 Å². The molecule has 8 nitrogen and oxygen atoms in total. The van der Waals surface area contributed by atoms with E-state index < -0.39 is 33.9 Å². The molecule has 1 atom stereocenters. The molecule has 1 saturated heterocycles. The summed E-state index contributed by atoms with van der Waals surface area (Å²) in [7, 11) is -3.96. The Kier molecular flexibility index (Phi) is 7.05. The third-order valence-corrected chi connectivity index (χ3v) is 5.83. The molecule has 0 bridgehead atoms. The van der Waals surface area contributed by atoms with Gasteiger partial charge in [0.2, 0.25) is 10.0 Å². The van der Waals surface area contributed by atoms with Crippen LogP contribution >= 0.6 is 0 Å². The standard InChI is InChI=1S/C17H22FN3O5S/c1-3-7-19-16(22)17(23)20-11-15-21(8-4-9-26-15)27(24,25)13-5-6-14(18)12(2)10-13/h3,5-6,10,15H,1,4,7-9,11H2,2H3,(H,19,22)(H,20,23)/t15-/m0/s1. The van der Waals surface area contributed by atoms with Crippen LogP contribution < -0.4 is 10.6 Å². The molecular weight excluding hydrogens is 377 g/mol. The number of nitrogens with one attached hydrogen (secondary N) is 2. The van der Waals surface area contributed by atoms with Gasteiger partial charge in [0.05, 0.1) is 18.0 Å². The van der Waals surface area contributed by atoms with Gasteiger partial charge in [-0.25, -0.2) is 12.8 Å². The number of hydrogen-bond donors (Lipinski definition) is 2. The van der Waals surface area contributed by atoms with Crippen LogP contribution in [0.25, 0.3) is 0 Å². The summed E-state index contributed by atoms with van der Waals surface area (Å²) in [5.74, 6) is -2.26. The van der Waals surface area contributed by atoms with Crippen LogP contribution in [0.3, 0.4) is 0 Å². The maximum Gasteiger partial charge on any atom is 0.309 e. The second kappa shape index (κ2) is 9.07. The Morgan fingerprint density at radius 1 is 1.37 bits per heavy atom. The van der Waals surface area contributed by atoms with Crippen LogP contribution in [0.1, 0.15) is 12.0 Å². The molecule has 2 amide bonds. The van der Waals surface area contributed by atoms with E-state index in [4.69, 9.17) is 4.74 Å². The minimum atomic E-state index is -3.96. The van der Waals surface area contributed by atoms with Crippen molar-refractivity contribution in [2.75, 3.05) is 26.2 Å². The van der Waals surface area contributed by atoms with Gasteiger partial charge in [-0.1, -0.05) is 6.08 Å². The number of amides is 2. The summed E-state index contributed by atoms with van der Waals surface area (Å²) in [5.41, 5.74) is 0.206. The van der Waals surface area contributed by atoms with E-state index in [2.05, 4.69) is 17.2 Å². The summed E-state index contributed by atoms with van der Waals surface area (Å²) in [6.07, 6.45) is 0.934. The Bertz CT molecular complexity index is 828. The van der Waals surface area contributed by atoms with Gasteiger partial charge in [0, 0.05) is 13.1 Å². The molecule has 0 spiro atoms. The molecule has 27 heavy (non-hydrogen) atoms. The zero-order chi connectivity index (χ0) is 20.0. The molecule has 1 aliphatic heterocycles. The highest BCUT2D eigenvalue weighted by atomic mass is 32.2. The van der Waals surface area contributed by atoms with Crippen molar-refractivity contribution in [3.63, 3.8) is 0 Å². The lowest BCUT2D eigenvalue weighted by Crippen LogP contribution is -2.53. The van der Waals surface area contributed by atoms with Crippen molar-refractivity contribution in [3.05, 3.63) is 42.2 Å². The SMILES string of the molecule is C=CCNC(=O)C(=O)NC[C@@H]1OCCCN1S(=O)(=O)c1ccc(F)c(C)c1. The van der Waals surface area contributed by atoms with Gasteiger partial charge >= 0.3 is 11.8 Å². The molecule has 2 N–H and O–H groups in total. The van der Waals surface area contributed by atoms with Crippen LogP contribution in [0.5, 0.6) is 0 Å². The van der Waals surface area contributed by atoms with Gasteiger partial charge in [-0.3, -0.25) is 9.59 Å². The van der Waals surface area contributed by atoms with Crippen LogP contribution in [-0.2, 0) is 24.3 Å². The topological polar surface area (TPSA) is 105 Å². The first-order valence-electron chi connectivity index (χ1n) is 8.34. The number of hydrogen-bond acceptors (Lipinski definition) is 5. The largest absolute Gasteiger partial charge is 0.360 e. The third kappa shape index (κ3) is 5.12. The maximum absolute atomic E-state index is 13.5. The molecule has 1 fully saturated rings. The number of aryl methyl sites for hydroxylation is 1. The molecular formula is C17H22FN3O5S. The van der Waals surface area contributed by atoms with E-state index in [0.717, 1.165) is 10.4 Å². The molecule has 1 aromatic carbocycles. The molecule has 0 radical (unpaired) electrons. The van der Waals surface area contributed by atoms with Gasteiger partial charge in [0.1, 0.15) is 12.0 Å². The van der Waals surface area contributed by atoms with E-state index in [1.54, 1.807) is 0 Å². The average molecular weight is 399 g/mol. The fourth-order valence-electron chi connectivity index (χ4n) is 2.52. The number of sulfonamides is 1. The first-order valence-corrected chi connectivity index (χ1v) is 9.78. The molecule has 148 valence electrons. The zero-order valence-electron chi connectivity index (χ0n) is 14.9. The summed E-state index contributed by atoms with van der Waals surface area (Å²) >= 11 is 0. The highest BCUT2D eigenvalue weighted by Gasteiger charge is 2.35. The van der Waals surface area contributed by atoms with Crippen molar-refractivity contribution >= 4 is 21.8 Å². The highest BCUT2D eigenvalue weighted by molar-refractivity contribution is 7.89. The average Bonchev–Trinajstić information content (AvgIpc) is 2.66. The highest BCUT2D eigenvalue weighted by Crippen LogP contribution is 2.23. The predicted molar refractivity (Wildman–Crippen MR) is 95.6 cm³/mol.